The van der Waals surface area contributed by atoms with E-state index in [-0.39, 0.29) is 28.9 Å². The van der Waals surface area contributed by atoms with E-state index in [2.05, 4.69) is 46.9 Å². The summed E-state index contributed by atoms with van der Waals surface area (Å²) in [6, 6.07) is 0. The van der Waals surface area contributed by atoms with Gasteiger partial charge in [-0.2, -0.15) is 0 Å². The van der Waals surface area contributed by atoms with Crippen molar-refractivity contribution in [2.75, 3.05) is 6.61 Å². The quantitative estimate of drug-likeness (QED) is 0.297. The minimum absolute atomic E-state index is 0.0207. The van der Waals surface area contributed by atoms with Crippen LogP contribution in [0, 0.1) is 10.8 Å². The number of hydrogen-bond acceptors (Lipinski definition) is 4. The van der Waals surface area contributed by atoms with Crippen molar-refractivity contribution in [2.45, 2.75) is 91.5 Å². The van der Waals surface area contributed by atoms with Gasteiger partial charge in [-0.25, -0.2) is 0 Å². The largest absolute Gasteiger partial charge is 0.465 e. The average molecular weight is 381 g/mol. The zero-order valence-corrected chi connectivity index (χ0v) is 18.8. The SMILES string of the molecule is CCOC(=O)[C@]1(C)C(=O)CC[C@]2(C)C1=CCC[C@H]2O[Si](C)(C)C(C)(C)C. The van der Waals surface area contributed by atoms with E-state index in [4.69, 9.17) is 9.16 Å². The minimum Gasteiger partial charge on any atom is -0.465 e. The van der Waals surface area contributed by atoms with E-state index in [0.29, 0.717) is 6.42 Å². The molecule has 5 heteroatoms. The molecular formula is C21H36O4Si. The molecule has 0 saturated heterocycles. The highest BCUT2D eigenvalue weighted by Crippen LogP contribution is 2.56. The summed E-state index contributed by atoms with van der Waals surface area (Å²) in [5.74, 6) is -0.428. The van der Waals surface area contributed by atoms with Gasteiger partial charge in [-0.1, -0.05) is 33.8 Å². The molecule has 0 bridgehead atoms. The van der Waals surface area contributed by atoms with Crippen LogP contribution in [-0.2, 0) is 18.8 Å². The second-order valence-corrected chi connectivity index (χ2v) is 14.5. The molecule has 0 heterocycles. The number of carbonyl (C=O) groups is 2. The van der Waals surface area contributed by atoms with Crippen LogP contribution in [0.3, 0.4) is 0 Å². The molecule has 2 aliphatic carbocycles. The Morgan fingerprint density at radius 2 is 1.92 bits per heavy atom. The molecule has 3 atom stereocenters. The van der Waals surface area contributed by atoms with E-state index >= 15 is 0 Å². The van der Waals surface area contributed by atoms with E-state index < -0.39 is 19.7 Å². The molecule has 0 aliphatic heterocycles. The molecule has 0 aromatic rings. The number of ketones is 1. The number of allylic oxidation sites excluding steroid dienone is 1. The predicted molar refractivity (Wildman–Crippen MR) is 106 cm³/mol. The van der Waals surface area contributed by atoms with Gasteiger partial charge in [-0.15, -0.1) is 0 Å². The van der Waals surface area contributed by atoms with E-state index in [0.717, 1.165) is 24.8 Å². The van der Waals surface area contributed by atoms with Gasteiger partial charge in [0, 0.05) is 11.8 Å². The van der Waals surface area contributed by atoms with Gasteiger partial charge in [0.25, 0.3) is 0 Å². The summed E-state index contributed by atoms with van der Waals surface area (Å²) >= 11 is 0. The van der Waals surface area contributed by atoms with Gasteiger partial charge in [0.2, 0.25) is 0 Å². The fraction of sp³-hybridized carbons (Fsp3) is 0.810. The van der Waals surface area contributed by atoms with Crippen LogP contribution in [0.15, 0.2) is 11.6 Å². The van der Waals surface area contributed by atoms with E-state index in [1.54, 1.807) is 13.8 Å². The van der Waals surface area contributed by atoms with Crippen LogP contribution in [0.2, 0.25) is 18.1 Å². The second-order valence-electron chi connectivity index (χ2n) is 9.75. The minimum atomic E-state index is -1.95. The van der Waals surface area contributed by atoms with E-state index in [9.17, 15) is 9.59 Å². The van der Waals surface area contributed by atoms with Crippen molar-refractivity contribution in [3.05, 3.63) is 11.6 Å². The molecule has 2 rings (SSSR count). The summed E-state index contributed by atoms with van der Waals surface area (Å²) in [4.78, 5) is 25.6. The molecule has 0 aromatic heterocycles. The first-order chi connectivity index (χ1) is 11.8. The summed E-state index contributed by atoms with van der Waals surface area (Å²) in [6.07, 6.45) is 5.09. The number of esters is 1. The normalized spacial score (nSPS) is 32.7. The zero-order valence-electron chi connectivity index (χ0n) is 17.8. The number of carbonyl (C=O) groups excluding carboxylic acids is 2. The van der Waals surface area contributed by atoms with Crippen LogP contribution in [0.1, 0.15) is 67.2 Å². The maximum absolute atomic E-state index is 12.8. The number of Topliss-reactive ketones (excluding diaryl/α,β-unsaturated/α-hetero) is 1. The van der Waals surface area contributed by atoms with Gasteiger partial charge >= 0.3 is 5.97 Å². The lowest BCUT2D eigenvalue weighted by Crippen LogP contribution is -2.56. The summed E-state index contributed by atoms with van der Waals surface area (Å²) in [7, 11) is -1.95. The fourth-order valence-electron chi connectivity index (χ4n) is 4.17. The van der Waals surface area contributed by atoms with E-state index in [1.165, 1.54) is 0 Å². The number of rotatable bonds is 4. The summed E-state index contributed by atoms with van der Waals surface area (Å²) < 4.78 is 12.1. The van der Waals surface area contributed by atoms with Crippen molar-refractivity contribution < 1.29 is 18.8 Å². The highest BCUT2D eigenvalue weighted by atomic mass is 28.4. The van der Waals surface area contributed by atoms with Crippen LogP contribution >= 0.6 is 0 Å². The van der Waals surface area contributed by atoms with Crippen molar-refractivity contribution >= 4 is 20.1 Å². The maximum Gasteiger partial charge on any atom is 0.323 e. The maximum atomic E-state index is 12.8. The molecule has 1 saturated carbocycles. The standard InChI is InChI=1S/C21H36O4Si/c1-9-24-18(23)21(6)15-11-10-12-17(20(15,5)14-13-16(21)22)25-26(7,8)19(2,3)4/h11,17H,9-10,12-14H2,1-8H3/t17-,20-,21+/m1/s1. The molecule has 0 amide bonds. The van der Waals surface area contributed by atoms with Crippen molar-refractivity contribution in [1.29, 1.82) is 0 Å². The highest BCUT2D eigenvalue weighted by Gasteiger charge is 2.59. The summed E-state index contributed by atoms with van der Waals surface area (Å²) in [5, 5.41) is 0.125. The van der Waals surface area contributed by atoms with Crippen LogP contribution in [0.25, 0.3) is 0 Å². The van der Waals surface area contributed by atoms with Gasteiger partial charge in [-0.05, 0) is 56.8 Å². The summed E-state index contributed by atoms with van der Waals surface area (Å²) in [6.45, 7) is 17.3. The first-order valence-electron chi connectivity index (χ1n) is 9.90. The molecular weight excluding hydrogens is 344 g/mol. The molecule has 1 fully saturated rings. The van der Waals surface area contributed by atoms with Crippen molar-refractivity contribution in [3.63, 3.8) is 0 Å². The van der Waals surface area contributed by atoms with Gasteiger partial charge in [0.1, 0.15) is 5.41 Å². The first-order valence-corrected chi connectivity index (χ1v) is 12.8. The van der Waals surface area contributed by atoms with E-state index in [1.807, 2.05) is 0 Å². The predicted octanol–water partition coefficient (Wildman–Crippen LogP) is 5.04. The van der Waals surface area contributed by atoms with Crippen molar-refractivity contribution in [3.8, 4) is 0 Å². The van der Waals surface area contributed by atoms with Gasteiger partial charge in [0.05, 0.1) is 12.7 Å². The average Bonchev–Trinajstić information content (AvgIpc) is 2.52. The molecule has 148 valence electrons. The third-order valence-electron chi connectivity index (χ3n) is 7.00. The Hall–Kier alpha value is -0.943. The first kappa shape index (κ1) is 21.4. The lowest BCUT2D eigenvalue weighted by atomic mass is 9.55. The van der Waals surface area contributed by atoms with Crippen LogP contribution in [0.5, 0.6) is 0 Å². The lowest BCUT2D eigenvalue weighted by Gasteiger charge is -2.53. The lowest BCUT2D eigenvalue weighted by molar-refractivity contribution is -0.160. The summed E-state index contributed by atoms with van der Waals surface area (Å²) in [5.41, 5.74) is -0.531. The molecule has 0 unspecified atom stereocenters. The number of ether oxygens (including phenoxy) is 1. The smallest absolute Gasteiger partial charge is 0.323 e. The van der Waals surface area contributed by atoms with Gasteiger partial charge in [-0.3, -0.25) is 9.59 Å². The van der Waals surface area contributed by atoms with Gasteiger partial charge < -0.3 is 9.16 Å². The zero-order chi connectivity index (χ0) is 20.0. The van der Waals surface area contributed by atoms with Crippen LogP contribution in [0.4, 0.5) is 0 Å². The van der Waals surface area contributed by atoms with Crippen molar-refractivity contribution in [2.24, 2.45) is 10.8 Å². The Bertz CT molecular complexity index is 616. The molecule has 26 heavy (non-hydrogen) atoms. The monoisotopic (exact) mass is 380 g/mol. The van der Waals surface area contributed by atoms with Gasteiger partial charge in [0.15, 0.2) is 14.1 Å². The Morgan fingerprint density at radius 1 is 1.31 bits per heavy atom. The molecule has 0 N–H and O–H groups in total. The highest BCUT2D eigenvalue weighted by molar-refractivity contribution is 6.74. The topological polar surface area (TPSA) is 52.6 Å². The van der Waals surface area contributed by atoms with Crippen LogP contribution < -0.4 is 0 Å². The second kappa shape index (κ2) is 6.90. The number of hydrogen-bond donors (Lipinski definition) is 0. The molecule has 0 aromatic carbocycles. The molecule has 4 nitrogen and oxygen atoms in total. The Kier molecular flexibility index (Phi) is 5.67. The Morgan fingerprint density at radius 3 is 2.46 bits per heavy atom. The molecule has 0 radical (unpaired) electrons. The Balaban J connectivity index is 2.43. The molecule has 0 spiro atoms. The number of fused-ring (bicyclic) bond motifs is 1. The molecule has 2 aliphatic rings. The Labute approximate surface area is 159 Å². The third kappa shape index (κ3) is 3.33. The third-order valence-corrected chi connectivity index (χ3v) is 11.5. The fourth-order valence-corrected chi connectivity index (χ4v) is 5.61. The van der Waals surface area contributed by atoms with Crippen molar-refractivity contribution in [1.82, 2.24) is 0 Å². The van der Waals surface area contributed by atoms with Crippen LogP contribution in [-0.4, -0.2) is 32.8 Å².